The molecule has 1 fully saturated rings. The number of carbonyl (C=O) groups excluding carboxylic acids is 2. The molecule has 2 aromatic rings. The summed E-state index contributed by atoms with van der Waals surface area (Å²) >= 11 is 0. The van der Waals surface area contributed by atoms with Gasteiger partial charge in [-0.25, -0.2) is 9.18 Å². The first-order valence-electron chi connectivity index (χ1n) is 8.35. The van der Waals surface area contributed by atoms with E-state index in [9.17, 15) is 14.0 Å². The highest BCUT2D eigenvalue weighted by molar-refractivity contribution is 5.98. The quantitative estimate of drug-likeness (QED) is 0.845. The summed E-state index contributed by atoms with van der Waals surface area (Å²) in [5, 5.41) is 5.48. The molecule has 0 aromatic heterocycles. The van der Waals surface area contributed by atoms with Gasteiger partial charge in [-0.2, -0.15) is 0 Å². The SMILES string of the molecule is COc1ccc(NC(=O)NC2CC(=O)N(c3ccc(F)cc3)C2)c(OC)c1. The van der Waals surface area contributed by atoms with Crippen LogP contribution in [0, 0.1) is 5.82 Å². The monoisotopic (exact) mass is 373 g/mol. The highest BCUT2D eigenvalue weighted by atomic mass is 19.1. The molecular weight excluding hydrogens is 353 g/mol. The standard InChI is InChI=1S/C19H20FN3O4/c1-26-15-7-8-16(17(10-15)27-2)22-19(25)21-13-9-18(24)23(11-13)14-5-3-12(20)4-6-14/h3-8,10,13H,9,11H2,1-2H3,(H2,21,22,25). The van der Waals surface area contributed by atoms with E-state index in [1.54, 1.807) is 25.3 Å². The second-order valence-electron chi connectivity index (χ2n) is 6.05. The highest BCUT2D eigenvalue weighted by Gasteiger charge is 2.31. The predicted molar refractivity (Wildman–Crippen MR) is 98.9 cm³/mol. The van der Waals surface area contributed by atoms with Crippen LogP contribution in [-0.2, 0) is 4.79 Å². The van der Waals surface area contributed by atoms with Crippen LogP contribution in [0.15, 0.2) is 42.5 Å². The number of methoxy groups -OCH3 is 2. The maximum Gasteiger partial charge on any atom is 0.319 e. The summed E-state index contributed by atoms with van der Waals surface area (Å²) < 4.78 is 23.4. The molecule has 3 amide bonds. The van der Waals surface area contributed by atoms with Gasteiger partial charge in [0.05, 0.1) is 25.9 Å². The number of halogens is 1. The van der Waals surface area contributed by atoms with Gasteiger partial charge in [0.25, 0.3) is 0 Å². The maximum atomic E-state index is 13.0. The van der Waals surface area contributed by atoms with Gasteiger partial charge in [0.2, 0.25) is 5.91 Å². The summed E-state index contributed by atoms with van der Waals surface area (Å²) in [7, 11) is 3.03. The van der Waals surface area contributed by atoms with Crippen molar-refractivity contribution in [3.63, 3.8) is 0 Å². The van der Waals surface area contributed by atoms with E-state index in [1.165, 1.54) is 36.3 Å². The largest absolute Gasteiger partial charge is 0.497 e. The van der Waals surface area contributed by atoms with Crippen LogP contribution in [0.25, 0.3) is 0 Å². The fourth-order valence-electron chi connectivity index (χ4n) is 2.92. The van der Waals surface area contributed by atoms with Crippen molar-refractivity contribution in [2.45, 2.75) is 12.5 Å². The Morgan fingerprint density at radius 2 is 1.89 bits per heavy atom. The van der Waals surface area contributed by atoms with Crippen molar-refractivity contribution < 1.29 is 23.5 Å². The Morgan fingerprint density at radius 3 is 2.56 bits per heavy atom. The van der Waals surface area contributed by atoms with Crippen molar-refractivity contribution in [3.8, 4) is 11.5 Å². The second-order valence-corrected chi connectivity index (χ2v) is 6.05. The van der Waals surface area contributed by atoms with Crippen molar-refractivity contribution in [1.29, 1.82) is 0 Å². The number of amides is 3. The van der Waals surface area contributed by atoms with Gasteiger partial charge in [-0.3, -0.25) is 4.79 Å². The molecule has 0 bridgehead atoms. The minimum Gasteiger partial charge on any atom is -0.497 e. The summed E-state index contributed by atoms with van der Waals surface area (Å²) in [5.41, 5.74) is 1.08. The lowest BCUT2D eigenvalue weighted by Crippen LogP contribution is -2.39. The Bertz CT molecular complexity index is 841. The van der Waals surface area contributed by atoms with E-state index in [-0.39, 0.29) is 24.2 Å². The van der Waals surface area contributed by atoms with Crippen LogP contribution in [0.5, 0.6) is 11.5 Å². The van der Waals surface area contributed by atoms with Crippen LogP contribution < -0.4 is 25.0 Å². The molecule has 2 aromatic carbocycles. The first-order valence-corrected chi connectivity index (χ1v) is 8.35. The number of nitrogens with zero attached hydrogens (tertiary/aromatic N) is 1. The lowest BCUT2D eigenvalue weighted by molar-refractivity contribution is -0.117. The summed E-state index contributed by atoms with van der Waals surface area (Å²) in [6.45, 7) is 0.317. The third-order valence-electron chi connectivity index (χ3n) is 4.26. The first-order chi connectivity index (χ1) is 13.0. The number of ether oxygens (including phenoxy) is 2. The third kappa shape index (κ3) is 4.28. The molecule has 27 heavy (non-hydrogen) atoms. The molecule has 0 aliphatic carbocycles. The van der Waals surface area contributed by atoms with Gasteiger partial charge in [-0.15, -0.1) is 0 Å². The summed E-state index contributed by atoms with van der Waals surface area (Å²) in [6, 6.07) is 9.90. The summed E-state index contributed by atoms with van der Waals surface area (Å²) in [4.78, 5) is 26.0. The summed E-state index contributed by atoms with van der Waals surface area (Å²) in [5.74, 6) is 0.566. The topological polar surface area (TPSA) is 79.9 Å². The van der Waals surface area contributed by atoms with Crippen LogP contribution in [0.4, 0.5) is 20.6 Å². The van der Waals surface area contributed by atoms with Crippen molar-refractivity contribution in [3.05, 3.63) is 48.3 Å². The van der Waals surface area contributed by atoms with E-state index in [0.29, 0.717) is 29.4 Å². The molecule has 0 spiro atoms. The maximum absolute atomic E-state index is 13.0. The van der Waals surface area contributed by atoms with E-state index in [0.717, 1.165) is 0 Å². The average Bonchev–Trinajstić information content (AvgIpc) is 3.02. The van der Waals surface area contributed by atoms with Gasteiger partial charge in [-0.05, 0) is 36.4 Å². The number of benzene rings is 2. The minimum absolute atomic E-state index is 0.131. The van der Waals surface area contributed by atoms with Crippen LogP contribution in [0.2, 0.25) is 0 Å². The molecule has 142 valence electrons. The first kappa shape index (κ1) is 18.5. The number of hydrogen-bond donors (Lipinski definition) is 2. The smallest absolute Gasteiger partial charge is 0.319 e. The molecule has 1 heterocycles. The van der Waals surface area contributed by atoms with Gasteiger partial charge in [0.1, 0.15) is 17.3 Å². The highest BCUT2D eigenvalue weighted by Crippen LogP contribution is 2.29. The molecular formula is C19H20FN3O4. The number of urea groups is 1. The van der Waals surface area contributed by atoms with Crippen LogP contribution in [-0.4, -0.2) is 38.7 Å². The molecule has 8 heteroatoms. The molecule has 1 aliphatic heterocycles. The molecule has 1 saturated heterocycles. The molecule has 1 aliphatic rings. The number of rotatable bonds is 5. The minimum atomic E-state index is -0.447. The Morgan fingerprint density at radius 1 is 1.15 bits per heavy atom. The van der Waals surface area contributed by atoms with E-state index < -0.39 is 6.03 Å². The number of nitrogens with one attached hydrogen (secondary N) is 2. The number of anilines is 2. The Labute approximate surface area is 156 Å². The van der Waals surface area contributed by atoms with E-state index in [2.05, 4.69) is 10.6 Å². The van der Waals surface area contributed by atoms with Gasteiger partial charge in [0, 0.05) is 24.7 Å². The van der Waals surface area contributed by atoms with Gasteiger partial charge >= 0.3 is 6.03 Å². The molecule has 3 rings (SSSR count). The number of carbonyl (C=O) groups is 2. The van der Waals surface area contributed by atoms with E-state index >= 15 is 0 Å². The zero-order valence-corrected chi connectivity index (χ0v) is 15.0. The Hall–Kier alpha value is -3.29. The van der Waals surface area contributed by atoms with Crippen molar-refractivity contribution in [2.24, 2.45) is 0 Å². The molecule has 0 radical (unpaired) electrons. The van der Waals surface area contributed by atoms with Crippen LogP contribution in [0.1, 0.15) is 6.42 Å². The van der Waals surface area contributed by atoms with Crippen molar-refractivity contribution in [2.75, 3.05) is 31.0 Å². The zero-order valence-electron chi connectivity index (χ0n) is 15.0. The van der Waals surface area contributed by atoms with Gasteiger partial charge < -0.3 is 25.0 Å². The molecule has 7 nitrogen and oxygen atoms in total. The van der Waals surface area contributed by atoms with Crippen molar-refractivity contribution >= 4 is 23.3 Å². The van der Waals surface area contributed by atoms with Crippen molar-refractivity contribution in [1.82, 2.24) is 5.32 Å². The fourth-order valence-corrected chi connectivity index (χ4v) is 2.92. The fraction of sp³-hybridized carbons (Fsp3) is 0.263. The summed E-state index contributed by atoms with van der Waals surface area (Å²) in [6.07, 6.45) is 0.171. The normalized spacial score (nSPS) is 16.2. The lowest BCUT2D eigenvalue weighted by atomic mass is 10.2. The van der Waals surface area contributed by atoms with E-state index in [4.69, 9.17) is 9.47 Å². The van der Waals surface area contributed by atoms with E-state index in [1.807, 2.05) is 0 Å². The zero-order chi connectivity index (χ0) is 19.4. The van der Waals surface area contributed by atoms with Gasteiger partial charge in [-0.1, -0.05) is 0 Å². The van der Waals surface area contributed by atoms with Gasteiger partial charge in [0.15, 0.2) is 0 Å². The average molecular weight is 373 g/mol. The molecule has 2 N–H and O–H groups in total. The van der Waals surface area contributed by atoms with Crippen LogP contribution in [0.3, 0.4) is 0 Å². The third-order valence-corrected chi connectivity index (χ3v) is 4.26. The predicted octanol–water partition coefficient (Wildman–Crippen LogP) is 2.77. The lowest BCUT2D eigenvalue weighted by Gasteiger charge is -2.18. The van der Waals surface area contributed by atoms with Crippen LogP contribution >= 0.6 is 0 Å². The second kappa shape index (κ2) is 7.94. The molecule has 1 unspecified atom stereocenters. The molecule has 0 saturated carbocycles. The molecule has 1 atom stereocenters. The Kier molecular flexibility index (Phi) is 5.44. The Balaban J connectivity index is 1.62. The number of hydrogen-bond acceptors (Lipinski definition) is 4.